The Morgan fingerprint density at radius 1 is 1.23 bits per heavy atom. The minimum Gasteiger partial charge on any atom is -0.389 e. The van der Waals surface area contributed by atoms with Crippen LogP contribution in [0.25, 0.3) is 0 Å². The van der Waals surface area contributed by atoms with Crippen molar-refractivity contribution in [2.75, 3.05) is 0 Å². The Hall–Kier alpha value is -2.01. The maximum Gasteiger partial charge on any atom is 0.220 e. The molecule has 1 heterocycles. The first kappa shape index (κ1) is 25.3. The van der Waals surface area contributed by atoms with Crippen LogP contribution in [0, 0.1) is 11.8 Å². The predicted octanol–water partition coefficient (Wildman–Crippen LogP) is 5.13. The molecule has 1 aromatic heterocycles. The Balaban J connectivity index is 1.57. The van der Waals surface area contributed by atoms with Crippen molar-refractivity contribution in [2.45, 2.75) is 96.6 Å². The maximum atomic E-state index is 12.3. The van der Waals surface area contributed by atoms with Crippen molar-refractivity contribution in [3.8, 4) is 0 Å². The van der Waals surface area contributed by atoms with Crippen molar-refractivity contribution < 1.29 is 14.7 Å². The van der Waals surface area contributed by atoms with Gasteiger partial charge < -0.3 is 10.4 Å². The molecule has 2 rings (SSSR count). The summed E-state index contributed by atoms with van der Waals surface area (Å²) in [5.41, 5.74) is 0.870. The molecule has 1 aliphatic rings. The van der Waals surface area contributed by atoms with E-state index >= 15 is 0 Å². The van der Waals surface area contributed by atoms with Crippen LogP contribution in [0.1, 0.15) is 89.7 Å². The number of carbonyl (C=O) groups is 2. The van der Waals surface area contributed by atoms with Gasteiger partial charge in [-0.2, -0.15) is 0 Å². The van der Waals surface area contributed by atoms with Gasteiger partial charge in [-0.05, 0) is 43.7 Å². The van der Waals surface area contributed by atoms with E-state index in [2.05, 4.69) is 23.3 Å². The standard InChI is InChI=1S/C26H40N2O3/c1-2-3-6-12-23(29)17-15-21-16-18-25(30)24(21)13-7-4-5-8-14-26(31)28-20-22-11-9-10-19-27-22/h9-11,15,17,19,21,23-24,29H,2-8,12-14,16,18,20H2,1H3,(H,28,31)/t21-,23+,24-/m1/s1. The number of ketones is 1. The van der Waals surface area contributed by atoms with Gasteiger partial charge in [0.15, 0.2) is 0 Å². The van der Waals surface area contributed by atoms with E-state index in [4.69, 9.17) is 0 Å². The van der Waals surface area contributed by atoms with Gasteiger partial charge in [0, 0.05) is 25.0 Å². The van der Waals surface area contributed by atoms with Gasteiger partial charge in [0.05, 0.1) is 18.3 Å². The number of hydrogen-bond donors (Lipinski definition) is 2. The average Bonchev–Trinajstić information content (AvgIpc) is 3.13. The second kappa shape index (κ2) is 14.9. The number of aromatic nitrogens is 1. The van der Waals surface area contributed by atoms with Crippen molar-refractivity contribution in [1.82, 2.24) is 10.3 Å². The van der Waals surface area contributed by atoms with E-state index in [1.54, 1.807) is 6.20 Å². The van der Waals surface area contributed by atoms with Gasteiger partial charge in [-0.25, -0.2) is 0 Å². The Labute approximate surface area is 187 Å². The molecular formula is C26H40N2O3. The lowest BCUT2D eigenvalue weighted by molar-refractivity contribution is -0.122. The van der Waals surface area contributed by atoms with E-state index in [1.807, 2.05) is 24.3 Å². The van der Waals surface area contributed by atoms with Crippen LogP contribution in [0.4, 0.5) is 0 Å². The molecule has 5 heteroatoms. The Morgan fingerprint density at radius 3 is 2.84 bits per heavy atom. The van der Waals surface area contributed by atoms with E-state index in [0.29, 0.717) is 25.2 Å². The van der Waals surface area contributed by atoms with Gasteiger partial charge in [-0.1, -0.05) is 63.7 Å². The van der Waals surface area contributed by atoms with E-state index in [0.717, 1.165) is 69.9 Å². The van der Waals surface area contributed by atoms with E-state index < -0.39 is 0 Å². The van der Waals surface area contributed by atoms with Gasteiger partial charge in [-0.3, -0.25) is 14.6 Å². The summed E-state index contributed by atoms with van der Waals surface area (Å²) < 4.78 is 0. The summed E-state index contributed by atoms with van der Waals surface area (Å²) in [7, 11) is 0. The molecule has 3 atom stereocenters. The number of unbranched alkanes of at least 4 members (excludes halogenated alkanes) is 5. The molecule has 2 N–H and O–H groups in total. The highest BCUT2D eigenvalue weighted by atomic mass is 16.3. The summed E-state index contributed by atoms with van der Waals surface area (Å²) in [5.74, 6) is 0.842. The van der Waals surface area contributed by atoms with Crippen molar-refractivity contribution >= 4 is 11.7 Å². The Morgan fingerprint density at radius 2 is 2.06 bits per heavy atom. The fourth-order valence-electron chi connectivity index (χ4n) is 4.29. The molecule has 1 aliphatic carbocycles. The van der Waals surface area contributed by atoms with Crippen molar-refractivity contribution in [3.63, 3.8) is 0 Å². The lowest BCUT2D eigenvalue weighted by Crippen LogP contribution is -2.22. The number of Topliss-reactive ketones (excluding diaryl/α,β-unsaturated/α-hetero) is 1. The first-order valence-corrected chi connectivity index (χ1v) is 12.2. The number of aliphatic hydroxyl groups is 1. The summed E-state index contributed by atoms with van der Waals surface area (Å²) in [6, 6.07) is 5.68. The lowest BCUT2D eigenvalue weighted by Gasteiger charge is -2.15. The Bertz CT molecular complexity index is 674. The SMILES string of the molecule is CCCCC[C@H](O)C=C[C@@H]1CCC(=O)[C@@H]1CCCCCCC(=O)NCc1ccccn1. The van der Waals surface area contributed by atoms with Gasteiger partial charge in [0.25, 0.3) is 0 Å². The molecule has 172 valence electrons. The van der Waals surface area contributed by atoms with E-state index in [1.165, 1.54) is 0 Å². The topological polar surface area (TPSA) is 79.3 Å². The van der Waals surface area contributed by atoms with Crippen LogP contribution in [0.3, 0.4) is 0 Å². The molecule has 0 aliphatic heterocycles. The molecule has 0 saturated heterocycles. The molecule has 1 saturated carbocycles. The lowest BCUT2D eigenvalue weighted by atomic mass is 9.89. The molecule has 1 aromatic rings. The number of allylic oxidation sites excluding steroid dienone is 1. The number of aliphatic hydroxyl groups excluding tert-OH is 1. The van der Waals surface area contributed by atoms with Crippen LogP contribution < -0.4 is 5.32 Å². The zero-order valence-electron chi connectivity index (χ0n) is 19.1. The van der Waals surface area contributed by atoms with Gasteiger partial charge >= 0.3 is 0 Å². The number of amides is 1. The number of carbonyl (C=O) groups excluding carboxylic acids is 2. The minimum atomic E-state index is -0.383. The van der Waals surface area contributed by atoms with Crippen LogP contribution in [0.5, 0.6) is 0 Å². The summed E-state index contributed by atoms with van der Waals surface area (Å²) in [4.78, 5) is 28.4. The summed E-state index contributed by atoms with van der Waals surface area (Å²) in [6.45, 7) is 2.64. The van der Waals surface area contributed by atoms with Gasteiger partial charge in [-0.15, -0.1) is 0 Å². The van der Waals surface area contributed by atoms with Gasteiger partial charge in [0.1, 0.15) is 5.78 Å². The maximum absolute atomic E-state index is 12.3. The smallest absolute Gasteiger partial charge is 0.220 e. The van der Waals surface area contributed by atoms with E-state index in [9.17, 15) is 14.7 Å². The van der Waals surface area contributed by atoms with Crippen LogP contribution in [-0.4, -0.2) is 27.9 Å². The zero-order valence-corrected chi connectivity index (χ0v) is 19.1. The summed E-state index contributed by atoms with van der Waals surface area (Å²) in [6.07, 6.45) is 16.5. The molecule has 0 bridgehead atoms. The third-order valence-corrected chi connectivity index (χ3v) is 6.20. The summed E-state index contributed by atoms with van der Waals surface area (Å²) >= 11 is 0. The highest BCUT2D eigenvalue weighted by Gasteiger charge is 2.32. The van der Waals surface area contributed by atoms with Crippen LogP contribution in [0.15, 0.2) is 36.5 Å². The van der Waals surface area contributed by atoms with Crippen molar-refractivity contribution in [2.24, 2.45) is 11.8 Å². The first-order valence-electron chi connectivity index (χ1n) is 12.2. The second-order valence-electron chi connectivity index (χ2n) is 8.77. The molecule has 0 unspecified atom stereocenters. The van der Waals surface area contributed by atoms with Crippen molar-refractivity contribution in [3.05, 3.63) is 42.2 Å². The molecule has 0 radical (unpaired) electrons. The fourth-order valence-corrected chi connectivity index (χ4v) is 4.29. The monoisotopic (exact) mass is 428 g/mol. The molecule has 5 nitrogen and oxygen atoms in total. The predicted molar refractivity (Wildman–Crippen MR) is 124 cm³/mol. The second-order valence-corrected chi connectivity index (χ2v) is 8.77. The quantitative estimate of drug-likeness (QED) is 0.300. The number of hydrogen-bond acceptors (Lipinski definition) is 4. The third-order valence-electron chi connectivity index (χ3n) is 6.20. The third kappa shape index (κ3) is 10.2. The molecule has 0 spiro atoms. The van der Waals surface area contributed by atoms with Gasteiger partial charge in [0.2, 0.25) is 5.91 Å². The minimum absolute atomic E-state index is 0.0688. The first-order chi connectivity index (χ1) is 15.1. The Kier molecular flexibility index (Phi) is 12.1. The highest BCUT2D eigenvalue weighted by Crippen LogP contribution is 2.34. The van der Waals surface area contributed by atoms with Crippen molar-refractivity contribution in [1.29, 1.82) is 0 Å². The number of nitrogens with one attached hydrogen (secondary N) is 1. The fraction of sp³-hybridized carbons (Fsp3) is 0.654. The highest BCUT2D eigenvalue weighted by molar-refractivity contribution is 5.83. The normalized spacial score (nSPS) is 19.7. The van der Waals surface area contributed by atoms with Crippen LogP contribution in [0.2, 0.25) is 0 Å². The molecule has 1 amide bonds. The van der Waals surface area contributed by atoms with Crippen LogP contribution in [-0.2, 0) is 16.1 Å². The molecule has 31 heavy (non-hydrogen) atoms. The number of rotatable bonds is 15. The average molecular weight is 429 g/mol. The van der Waals surface area contributed by atoms with E-state index in [-0.39, 0.29) is 23.8 Å². The largest absolute Gasteiger partial charge is 0.389 e. The van der Waals surface area contributed by atoms with Crippen LogP contribution >= 0.6 is 0 Å². The number of nitrogens with zero attached hydrogens (tertiary/aromatic N) is 1. The number of pyridine rings is 1. The molecule has 1 fully saturated rings. The molecule has 0 aromatic carbocycles. The summed E-state index contributed by atoms with van der Waals surface area (Å²) in [5, 5.41) is 13.0. The zero-order chi connectivity index (χ0) is 22.3. The molecular weight excluding hydrogens is 388 g/mol.